The van der Waals surface area contributed by atoms with Gasteiger partial charge in [-0.05, 0) is 18.8 Å². The summed E-state index contributed by atoms with van der Waals surface area (Å²) in [5.74, 6) is -1.24. The molecule has 0 radical (unpaired) electrons. The van der Waals surface area contributed by atoms with E-state index in [1.54, 1.807) is 18.2 Å². The molecule has 1 aliphatic rings. The molecule has 1 fully saturated rings. The molecule has 0 aromatic rings. The minimum absolute atomic E-state index is 0.0397. The summed E-state index contributed by atoms with van der Waals surface area (Å²) in [6.07, 6.45) is 9.77. The Morgan fingerprint density at radius 3 is 2.61 bits per heavy atom. The normalized spacial score (nSPS) is 29.6. The van der Waals surface area contributed by atoms with Crippen LogP contribution in [0.15, 0.2) is 24.3 Å². The van der Waals surface area contributed by atoms with Crippen molar-refractivity contribution in [2.45, 2.75) is 70.2 Å². The second kappa shape index (κ2) is 10.6. The molecule has 0 aromatic carbocycles. The lowest BCUT2D eigenvalue weighted by Crippen LogP contribution is -2.20. The molecule has 1 saturated carbocycles. The van der Waals surface area contributed by atoms with Crippen molar-refractivity contribution in [3.63, 3.8) is 0 Å². The third-order valence-electron chi connectivity index (χ3n) is 4.44. The smallest absolute Gasteiger partial charge is 0.307 e. The first-order chi connectivity index (χ1) is 11.0. The summed E-state index contributed by atoms with van der Waals surface area (Å²) in [5, 5.41) is 38.7. The highest BCUT2D eigenvalue weighted by atomic mass is 16.4. The molecular weight excluding hydrogens is 296 g/mol. The van der Waals surface area contributed by atoms with Crippen LogP contribution in [0.3, 0.4) is 0 Å². The van der Waals surface area contributed by atoms with Gasteiger partial charge in [0.25, 0.3) is 0 Å². The number of carbonyl (C=O) groups is 1. The molecule has 4 N–H and O–H groups in total. The first kappa shape index (κ1) is 19.9. The molecule has 5 atom stereocenters. The van der Waals surface area contributed by atoms with E-state index in [9.17, 15) is 20.1 Å². The van der Waals surface area contributed by atoms with E-state index < -0.39 is 24.3 Å². The first-order valence-electron chi connectivity index (χ1n) is 8.55. The van der Waals surface area contributed by atoms with E-state index in [0.717, 1.165) is 19.3 Å². The van der Waals surface area contributed by atoms with Crippen molar-refractivity contribution in [3.05, 3.63) is 24.3 Å². The van der Waals surface area contributed by atoms with Gasteiger partial charge in [0, 0.05) is 12.3 Å². The van der Waals surface area contributed by atoms with Crippen LogP contribution in [-0.2, 0) is 4.79 Å². The lowest BCUT2D eigenvalue weighted by molar-refractivity contribution is -0.136. The second-order valence-electron chi connectivity index (χ2n) is 6.36. The average Bonchev–Trinajstić information content (AvgIpc) is 2.75. The molecule has 0 spiro atoms. The molecule has 1 aliphatic carbocycles. The highest BCUT2D eigenvalue weighted by Crippen LogP contribution is 2.36. The molecule has 132 valence electrons. The van der Waals surface area contributed by atoms with Gasteiger partial charge < -0.3 is 20.4 Å². The van der Waals surface area contributed by atoms with E-state index >= 15 is 0 Å². The molecule has 0 saturated heterocycles. The molecule has 1 rings (SSSR count). The highest BCUT2D eigenvalue weighted by Gasteiger charge is 2.39. The van der Waals surface area contributed by atoms with Crippen molar-refractivity contribution < 1.29 is 25.2 Å². The largest absolute Gasteiger partial charge is 0.481 e. The fourth-order valence-electron chi connectivity index (χ4n) is 3.10. The van der Waals surface area contributed by atoms with E-state index in [4.69, 9.17) is 5.11 Å². The van der Waals surface area contributed by atoms with E-state index in [-0.39, 0.29) is 18.3 Å². The van der Waals surface area contributed by atoms with Crippen LogP contribution in [0.2, 0.25) is 0 Å². The summed E-state index contributed by atoms with van der Waals surface area (Å²) in [7, 11) is 0. The number of rotatable bonds is 10. The van der Waals surface area contributed by atoms with E-state index in [1.165, 1.54) is 0 Å². The van der Waals surface area contributed by atoms with Crippen molar-refractivity contribution in [3.8, 4) is 0 Å². The fourth-order valence-corrected chi connectivity index (χ4v) is 3.10. The van der Waals surface area contributed by atoms with Crippen LogP contribution in [0.25, 0.3) is 0 Å². The lowest BCUT2D eigenvalue weighted by Gasteiger charge is -2.19. The summed E-state index contributed by atoms with van der Waals surface area (Å²) >= 11 is 0. The summed E-state index contributed by atoms with van der Waals surface area (Å²) < 4.78 is 0. The number of carboxylic acid groups (broad SMARTS) is 1. The zero-order valence-electron chi connectivity index (χ0n) is 13.8. The van der Waals surface area contributed by atoms with Crippen LogP contribution in [0.5, 0.6) is 0 Å². The van der Waals surface area contributed by atoms with E-state index in [0.29, 0.717) is 19.3 Å². The van der Waals surface area contributed by atoms with Gasteiger partial charge in [-0.3, -0.25) is 4.79 Å². The van der Waals surface area contributed by atoms with Gasteiger partial charge in [-0.15, -0.1) is 0 Å². The van der Waals surface area contributed by atoms with Gasteiger partial charge >= 0.3 is 5.97 Å². The van der Waals surface area contributed by atoms with Crippen molar-refractivity contribution in [1.82, 2.24) is 0 Å². The predicted octanol–water partition coefficient (Wildman–Crippen LogP) is 2.26. The highest BCUT2D eigenvalue weighted by molar-refractivity contribution is 5.68. The van der Waals surface area contributed by atoms with Gasteiger partial charge in [0.2, 0.25) is 0 Å². The number of unbranched alkanes of at least 4 members (excludes halogenated alkanes) is 2. The van der Waals surface area contributed by atoms with Crippen LogP contribution in [0.4, 0.5) is 0 Å². The summed E-state index contributed by atoms with van der Waals surface area (Å²) in [5.41, 5.74) is 0. The number of aliphatic hydroxyl groups is 3. The quantitative estimate of drug-likeness (QED) is 0.365. The van der Waals surface area contributed by atoms with Gasteiger partial charge in [-0.1, -0.05) is 50.5 Å². The molecule has 5 heteroatoms. The van der Waals surface area contributed by atoms with Gasteiger partial charge in [-0.25, -0.2) is 0 Å². The Labute approximate surface area is 138 Å². The van der Waals surface area contributed by atoms with Crippen molar-refractivity contribution in [2.75, 3.05) is 0 Å². The van der Waals surface area contributed by atoms with Crippen LogP contribution in [-0.4, -0.2) is 44.7 Å². The van der Waals surface area contributed by atoms with Gasteiger partial charge in [-0.2, -0.15) is 0 Å². The van der Waals surface area contributed by atoms with Crippen LogP contribution in [0, 0.1) is 11.8 Å². The SMILES string of the molecule is CCCCC[C@@H](O)/C=C/[C@@H]1[C@@H](C/C=C\CC(=O)O)[C@@H](O)C[C@@H]1O. The van der Waals surface area contributed by atoms with Crippen molar-refractivity contribution in [2.24, 2.45) is 11.8 Å². The first-order valence-corrected chi connectivity index (χ1v) is 8.55. The number of allylic oxidation sites excluding steroid dienone is 1. The van der Waals surface area contributed by atoms with Gasteiger partial charge in [0.15, 0.2) is 0 Å². The molecule has 0 aromatic heterocycles. The molecule has 0 amide bonds. The summed E-state index contributed by atoms with van der Waals surface area (Å²) in [6, 6.07) is 0. The third-order valence-corrected chi connectivity index (χ3v) is 4.44. The van der Waals surface area contributed by atoms with Gasteiger partial charge in [0.05, 0.1) is 24.7 Å². The Morgan fingerprint density at radius 1 is 1.22 bits per heavy atom. The number of carboxylic acids is 1. The Kier molecular flexibility index (Phi) is 9.14. The zero-order chi connectivity index (χ0) is 17.2. The monoisotopic (exact) mass is 326 g/mol. The van der Waals surface area contributed by atoms with E-state index in [2.05, 4.69) is 6.92 Å². The van der Waals surface area contributed by atoms with Crippen LogP contribution < -0.4 is 0 Å². The minimum Gasteiger partial charge on any atom is -0.481 e. The third kappa shape index (κ3) is 7.29. The number of hydrogen-bond donors (Lipinski definition) is 4. The average molecular weight is 326 g/mol. The molecule has 23 heavy (non-hydrogen) atoms. The molecule has 5 nitrogen and oxygen atoms in total. The minimum atomic E-state index is -0.889. The number of hydrogen-bond acceptors (Lipinski definition) is 4. The van der Waals surface area contributed by atoms with Crippen LogP contribution in [0.1, 0.15) is 51.9 Å². The van der Waals surface area contributed by atoms with E-state index in [1.807, 2.05) is 6.08 Å². The Bertz CT molecular complexity index is 404. The zero-order valence-corrected chi connectivity index (χ0v) is 13.8. The Morgan fingerprint density at radius 2 is 1.96 bits per heavy atom. The van der Waals surface area contributed by atoms with Crippen molar-refractivity contribution in [1.29, 1.82) is 0 Å². The van der Waals surface area contributed by atoms with Crippen molar-refractivity contribution >= 4 is 5.97 Å². The standard InChI is InChI=1S/C18H30O5/c1-2-3-4-7-13(19)10-11-15-14(16(20)12-17(15)21)8-5-6-9-18(22)23/h5-6,10-11,13-17,19-21H,2-4,7-9,12H2,1H3,(H,22,23)/b6-5-,11-10+/t13-,14-,15-,16+,17+/m1/s1. The molecule has 0 heterocycles. The molecular formula is C18H30O5. The number of aliphatic hydroxyl groups excluding tert-OH is 3. The molecule has 0 unspecified atom stereocenters. The van der Waals surface area contributed by atoms with Gasteiger partial charge in [0.1, 0.15) is 0 Å². The summed E-state index contributed by atoms with van der Waals surface area (Å²) in [4.78, 5) is 10.5. The maximum absolute atomic E-state index is 10.5. The summed E-state index contributed by atoms with van der Waals surface area (Å²) in [6.45, 7) is 2.11. The van der Waals surface area contributed by atoms with Crippen LogP contribution >= 0.6 is 0 Å². The second-order valence-corrected chi connectivity index (χ2v) is 6.36. The molecule has 0 aliphatic heterocycles. The Balaban J connectivity index is 2.54. The topological polar surface area (TPSA) is 98.0 Å². The predicted molar refractivity (Wildman–Crippen MR) is 88.9 cm³/mol. The maximum atomic E-state index is 10.5. The maximum Gasteiger partial charge on any atom is 0.307 e. The lowest BCUT2D eigenvalue weighted by atomic mass is 9.89. The number of aliphatic carboxylic acids is 1. The fraction of sp³-hybridized carbons (Fsp3) is 0.722. The Hall–Kier alpha value is -1.17. The molecule has 0 bridgehead atoms.